The maximum absolute atomic E-state index is 12.7. The van der Waals surface area contributed by atoms with Gasteiger partial charge in [0.25, 0.3) is 5.91 Å². The number of rotatable bonds is 4. The lowest BCUT2D eigenvalue weighted by molar-refractivity contribution is 0.0933. The average Bonchev–Trinajstić information content (AvgIpc) is 3.09. The molecule has 1 aliphatic carbocycles. The predicted molar refractivity (Wildman–Crippen MR) is 107 cm³/mol. The number of nitrogens with zero attached hydrogens (tertiary/aromatic N) is 2. The Morgan fingerprint density at radius 3 is 2.78 bits per heavy atom. The second-order valence-electron chi connectivity index (χ2n) is 6.71. The molecule has 27 heavy (non-hydrogen) atoms. The van der Waals surface area contributed by atoms with Crippen molar-refractivity contribution in [1.82, 2.24) is 15.1 Å². The van der Waals surface area contributed by atoms with Gasteiger partial charge in [0, 0.05) is 11.3 Å². The molecule has 0 unspecified atom stereocenters. The largest absolute Gasteiger partial charge is 0.345 e. The molecule has 0 radical (unpaired) electrons. The van der Waals surface area contributed by atoms with Crippen LogP contribution in [0.3, 0.4) is 0 Å². The van der Waals surface area contributed by atoms with Crippen molar-refractivity contribution in [2.45, 2.75) is 31.8 Å². The normalized spacial score (nSPS) is 16.0. The zero-order chi connectivity index (χ0) is 18.8. The summed E-state index contributed by atoms with van der Waals surface area (Å²) in [5.41, 5.74) is 3.88. The Kier molecular flexibility index (Phi) is 5.19. The first-order chi connectivity index (χ1) is 13.1. The highest BCUT2D eigenvalue weighted by molar-refractivity contribution is 6.43. The molecule has 0 bridgehead atoms. The number of hydrogen-bond donors (Lipinski definition) is 1. The molecule has 0 aliphatic heterocycles. The second-order valence-corrected chi connectivity index (χ2v) is 7.49. The highest BCUT2D eigenvalue weighted by Gasteiger charge is 2.26. The van der Waals surface area contributed by atoms with E-state index in [1.165, 1.54) is 11.3 Å². The monoisotopic (exact) mass is 399 g/mol. The van der Waals surface area contributed by atoms with Crippen molar-refractivity contribution in [3.8, 4) is 0 Å². The number of benzene rings is 2. The van der Waals surface area contributed by atoms with Crippen molar-refractivity contribution >= 4 is 29.1 Å². The Bertz CT molecular complexity index is 969. The highest BCUT2D eigenvalue weighted by atomic mass is 35.5. The van der Waals surface area contributed by atoms with Gasteiger partial charge in [-0.1, -0.05) is 59.6 Å². The molecule has 138 valence electrons. The first kappa shape index (κ1) is 18.1. The molecule has 2 aromatic carbocycles. The molecule has 1 aliphatic rings. The Labute approximate surface area is 168 Å². The van der Waals surface area contributed by atoms with Gasteiger partial charge < -0.3 is 5.32 Å². The molecule has 0 saturated carbocycles. The lowest BCUT2D eigenvalue weighted by Crippen LogP contribution is -2.31. The van der Waals surface area contributed by atoms with Gasteiger partial charge in [-0.15, -0.1) is 0 Å². The standard InChI is InChI=1S/C21H19Cl2N3O/c22-17-9-4-8-15(20(17)23)21(27)25-18-10-5-11-19-16(18)12-24-26(19)13-14-6-2-1-3-7-14/h1-4,6-9,12,18H,5,10-11,13H2,(H,25,27)/t18-/m0/s1. The highest BCUT2D eigenvalue weighted by Crippen LogP contribution is 2.31. The Morgan fingerprint density at radius 2 is 1.96 bits per heavy atom. The molecule has 1 N–H and O–H groups in total. The number of fused-ring (bicyclic) bond motifs is 1. The van der Waals surface area contributed by atoms with Crippen LogP contribution >= 0.6 is 23.2 Å². The van der Waals surface area contributed by atoms with E-state index >= 15 is 0 Å². The van der Waals surface area contributed by atoms with Crippen molar-refractivity contribution in [3.63, 3.8) is 0 Å². The third kappa shape index (κ3) is 3.73. The molecular weight excluding hydrogens is 381 g/mol. The van der Waals surface area contributed by atoms with Crippen molar-refractivity contribution in [2.75, 3.05) is 0 Å². The molecule has 1 aromatic heterocycles. The Morgan fingerprint density at radius 1 is 1.15 bits per heavy atom. The van der Waals surface area contributed by atoms with Crippen LogP contribution in [0, 0.1) is 0 Å². The number of amides is 1. The first-order valence-corrected chi connectivity index (χ1v) is 9.72. The van der Waals surface area contributed by atoms with Crippen molar-refractivity contribution in [3.05, 3.63) is 87.2 Å². The first-order valence-electron chi connectivity index (χ1n) is 8.97. The van der Waals surface area contributed by atoms with Gasteiger partial charge >= 0.3 is 0 Å². The fourth-order valence-corrected chi connectivity index (χ4v) is 3.96. The van der Waals surface area contributed by atoms with Gasteiger partial charge in [-0.2, -0.15) is 5.10 Å². The van der Waals surface area contributed by atoms with Gasteiger partial charge in [-0.3, -0.25) is 9.48 Å². The van der Waals surface area contributed by atoms with E-state index in [0.29, 0.717) is 10.6 Å². The van der Waals surface area contributed by atoms with Crippen LogP contribution in [0.25, 0.3) is 0 Å². The molecule has 6 heteroatoms. The van der Waals surface area contributed by atoms with Crippen molar-refractivity contribution < 1.29 is 4.79 Å². The smallest absolute Gasteiger partial charge is 0.253 e. The molecule has 0 saturated heterocycles. The molecule has 1 amide bonds. The van der Waals surface area contributed by atoms with Gasteiger partial charge in [0.15, 0.2) is 0 Å². The zero-order valence-corrected chi connectivity index (χ0v) is 16.2. The molecule has 0 spiro atoms. The van der Waals surface area contributed by atoms with E-state index < -0.39 is 0 Å². The van der Waals surface area contributed by atoms with Gasteiger partial charge in [0.1, 0.15) is 0 Å². The van der Waals surface area contributed by atoms with E-state index in [4.69, 9.17) is 23.2 Å². The van der Waals surface area contributed by atoms with E-state index in [0.717, 1.165) is 31.4 Å². The zero-order valence-electron chi connectivity index (χ0n) is 14.7. The van der Waals surface area contributed by atoms with Crippen LogP contribution in [-0.4, -0.2) is 15.7 Å². The van der Waals surface area contributed by atoms with Crippen LogP contribution in [0.1, 0.15) is 46.1 Å². The minimum atomic E-state index is -0.212. The minimum absolute atomic E-state index is 0.0687. The summed E-state index contributed by atoms with van der Waals surface area (Å²) >= 11 is 12.2. The molecule has 4 rings (SSSR count). The summed E-state index contributed by atoms with van der Waals surface area (Å²) in [5, 5.41) is 8.34. The molecule has 3 aromatic rings. The summed E-state index contributed by atoms with van der Waals surface area (Å²) in [7, 11) is 0. The van der Waals surface area contributed by atoms with Gasteiger partial charge in [-0.05, 0) is 37.0 Å². The SMILES string of the molecule is O=C(N[C@H]1CCCc2c1cnn2Cc1ccccc1)c1cccc(Cl)c1Cl. The molecular formula is C21H19Cl2N3O. The fraction of sp³-hybridized carbons (Fsp3) is 0.238. The minimum Gasteiger partial charge on any atom is -0.345 e. The summed E-state index contributed by atoms with van der Waals surface area (Å²) in [6.45, 7) is 0.733. The summed E-state index contributed by atoms with van der Waals surface area (Å²) in [4.78, 5) is 12.7. The van der Waals surface area contributed by atoms with Crippen molar-refractivity contribution in [2.24, 2.45) is 0 Å². The number of aromatic nitrogens is 2. The molecule has 4 nitrogen and oxygen atoms in total. The van der Waals surface area contributed by atoms with Gasteiger partial charge in [0.2, 0.25) is 0 Å². The molecule has 0 fully saturated rings. The predicted octanol–water partition coefficient (Wildman–Crippen LogP) is 5.05. The number of nitrogens with one attached hydrogen (secondary N) is 1. The van der Waals surface area contributed by atoms with E-state index in [1.807, 2.05) is 29.1 Å². The second kappa shape index (κ2) is 7.75. The summed E-state index contributed by atoms with van der Waals surface area (Å²) in [6.07, 6.45) is 4.73. The van der Waals surface area contributed by atoms with E-state index in [9.17, 15) is 4.79 Å². The number of halogens is 2. The molecule has 1 atom stereocenters. The quantitative estimate of drug-likeness (QED) is 0.667. The lowest BCUT2D eigenvalue weighted by atomic mass is 9.92. The summed E-state index contributed by atoms with van der Waals surface area (Å²) in [6, 6.07) is 15.3. The van der Waals surface area contributed by atoms with Crippen LogP contribution in [0.5, 0.6) is 0 Å². The van der Waals surface area contributed by atoms with Crippen molar-refractivity contribution in [1.29, 1.82) is 0 Å². The van der Waals surface area contributed by atoms with Crippen LogP contribution in [0.2, 0.25) is 10.0 Å². The topological polar surface area (TPSA) is 46.9 Å². The third-order valence-corrected chi connectivity index (χ3v) is 5.76. The number of carbonyl (C=O) groups is 1. The van der Waals surface area contributed by atoms with Crippen LogP contribution < -0.4 is 5.32 Å². The van der Waals surface area contributed by atoms with Gasteiger partial charge in [-0.25, -0.2) is 0 Å². The van der Waals surface area contributed by atoms with Crippen LogP contribution in [0.15, 0.2) is 54.7 Å². The van der Waals surface area contributed by atoms with E-state index in [2.05, 4.69) is 22.5 Å². The number of hydrogen-bond acceptors (Lipinski definition) is 2. The maximum Gasteiger partial charge on any atom is 0.253 e. The lowest BCUT2D eigenvalue weighted by Gasteiger charge is -2.24. The fourth-order valence-electron chi connectivity index (χ4n) is 3.58. The third-order valence-electron chi connectivity index (χ3n) is 4.94. The summed E-state index contributed by atoms with van der Waals surface area (Å²) < 4.78 is 2.04. The van der Waals surface area contributed by atoms with Crippen LogP contribution in [0.4, 0.5) is 0 Å². The summed E-state index contributed by atoms with van der Waals surface area (Å²) in [5.74, 6) is -0.212. The van der Waals surface area contributed by atoms with Gasteiger partial charge in [0.05, 0.1) is 34.4 Å². The Balaban J connectivity index is 1.55. The average molecular weight is 400 g/mol. The maximum atomic E-state index is 12.7. The Hall–Kier alpha value is -2.30. The van der Waals surface area contributed by atoms with E-state index in [-0.39, 0.29) is 17.0 Å². The van der Waals surface area contributed by atoms with E-state index in [1.54, 1.807) is 18.2 Å². The van der Waals surface area contributed by atoms with Crippen LogP contribution in [-0.2, 0) is 13.0 Å². The molecule has 1 heterocycles. The number of carbonyl (C=O) groups excluding carboxylic acids is 1.